The highest BCUT2D eigenvalue weighted by atomic mass is 16.2. The molecule has 1 aliphatic carbocycles. The molecule has 3 nitrogen and oxygen atoms in total. The average Bonchev–Trinajstić information content (AvgIpc) is 2.32. The second kappa shape index (κ2) is 4.63. The highest BCUT2D eigenvalue weighted by Gasteiger charge is 2.26. The van der Waals surface area contributed by atoms with E-state index in [9.17, 15) is 4.79 Å². The molecule has 0 radical (unpaired) electrons. The Kier molecular flexibility index (Phi) is 2.98. The number of carbonyl (C=O) groups excluding carboxylic acids is 1. The normalized spacial score (nSPS) is 19.1. The van der Waals surface area contributed by atoms with Crippen LogP contribution in [0.5, 0.6) is 0 Å². The summed E-state index contributed by atoms with van der Waals surface area (Å²) in [4.78, 5) is 14.2. The minimum atomic E-state index is 0.0875. The number of hydrogen-bond acceptors (Lipinski definition) is 1. The van der Waals surface area contributed by atoms with E-state index in [1.165, 1.54) is 17.5 Å². The summed E-state index contributed by atoms with van der Waals surface area (Å²) in [6.45, 7) is 2.95. The third kappa shape index (κ3) is 2.09. The van der Waals surface area contributed by atoms with Crippen molar-refractivity contribution >= 4 is 11.7 Å². The van der Waals surface area contributed by atoms with E-state index in [1.54, 1.807) is 0 Å². The first-order chi connectivity index (χ1) is 8.74. The molecule has 1 fully saturated rings. The summed E-state index contributed by atoms with van der Waals surface area (Å²) in [5, 5.41) is 3.13. The highest BCUT2D eigenvalue weighted by Crippen LogP contribution is 2.28. The van der Waals surface area contributed by atoms with Gasteiger partial charge in [-0.1, -0.05) is 17.7 Å². The van der Waals surface area contributed by atoms with Crippen LogP contribution in [0.3, 0.4) is 0 Å². The molecule has 2 amide bonds. The number of benzene rings is 1. The van der Waals surface area contributed by atoms with Gasteiger partial charge in [0.05, 0.1) is 0 Å². The smallest absolute Gasteiger partial charge is 0.322 e. The van der Waals surface area contributed by atoms with Gasteiger partial charge >= 0.3 is 6.03 Å². The monoisotopic (exact) mass is 244 g/mol. The van der Waals surface area contributed by atoms with E-state index < -0.39 is 0 Å². The number of nitrogens with one attached hydrogen (secondary N) is 1. The molecule has 1 saturated carbocycles. The zero-order valence-electron chi connectivity index (χ0n) is 10.9. The fourth-order valence-corrected chi connectivity index (χ4v) is 2.74. The largest absolute Gasteiger partial charge is 0.335 e. The SMILES string of the molecule is Cc1ccc2c(c1)CCCN2C(=O)NC1CCC1. The van der Waals surface area contributed by atoms with Crippen molar-refractivity contribution in [2.75, 3.05) is 11.4 Å². The van der Waals surface area contributed by atoms with E-state index in [2.05, 4.69) is 30.4 Å². The van der Waals surface area contributed by atoms with Crippen LogP contribution >= 0.6 is 0 Å². The maximum absolute atomic E-state index is 12.3. The second-order valence-electron chi connectivity index (χ2n) is 5.46. The number of urea groups is 1. The van der Waals surface area contributed by atoms with Gasteiger partial charge in [0.15, 0.2) is 0 Å². The molecular formula is C15H20N2O. The van der Waals surface area contributed by atoms with Crippen LogP contribution in [0, 0.1) is 6.92 Å². The van der Waals surface area contributed by atoms with Gasteiger partial charge in [-0.3, -0.25) is 4.90 Å². The van der Waals surface area contributed by atoms with Gasteiger partial charge in [-0.25, -0.2) is 4.79 Å². The van der Waals surface area contributed by atoms with Crippen molar-refractivity contribution in [3.05, 3.63) is 29.3 Å². The number of rotatable bonds is 1. The van der Waals surface area contributed by atoms with Gasteiger partial charge in [0, 0.05) is 18.3 Å². The van der Waals surface area contributed by atoms with Crippen LogP contribution in [0.2, 0.25) is 0 Å². The molecule has 0 atom stereocenters. The average molecular weight is 244 g/mol. The molecule has 0 spiro atoms. The van der Waals surface area contributed by atoms with Crippen LogP contribution in [-0.4, -0.2) is 18.6 Å². The van der Waals surface area contributed by atoms with E-state index in [0.29, 0.717) is 6.04 Å². The Balaban J connectivity index is 1.79. The molecule has 1 N–H and O–H groups in total. The van der Waals surface area contributed by atoms with Gasteiger partial charge in [-0.05, 0) is 50.7 Å². The quantitative estimate of drug-likeness (QED) is 0.809. The number of hydrogen-bond donors (Lipinski definition) is 1. The van der Waals surface area contributed by atoms with Gasteiger partial charge in [0.2, 0.25) is 0 Å². The van der Waals surface area contributed by atoms with Gasteiger partial charge in [-0.15, -0.1) is 0 Å². The van der Waals surface area contributed by atoms with Crippen LogP contribution < -0.4 is 10.2 Å². The van der Waals surface area contributed by atoms with Crippen molar-refractivity contribution in [3.8, 4) is 0 Å². The number of anilines is 1. The molecule has 1 aromatic carbocycles. The van der Waals surface area contributed by atoms with E-state index in [4.69, 9.17) is 0 Å². The zero-order chi connectivity index (χ0) is 12.5. The maximum Gasteiger partial charge on any atom is 0.322 e. The molecule has 3 heteroatoms. The molecule has 1 aromatic rings. The number of carbonyl (C=O) groups is 1. The minimum Gasteiger partial charge on any atom is -0.335 e. The van der Waals surface area contributed by atoms with Crippen LogP contribution in [-0.2, 0) is 6.42 Å². The third-order valence-corrected chi connectivity index (χ3v) is 4.03. The topological polar surface area (TPSA) is 32.3 Å². The standard InChI is InChI=1S/C15H20N2O/c1-11-7-8-14-12(10-11)4-3-9-17(14)15(18)16-13-5-2-6-13/h7-8,10,13H,2-6,9H2,1H3,(H,16,18). The first kappa shape index (κ1) is 11.6. The zero-order valence-corrected chi connectivity index (χ0v) is 10.9. The summed E-state index contributed by atoms with van der Waals surface area (Å²) < 4.78 is 0. The van der Waals surface area contributed by atoms with E-state index >= 15 is 0 Å². The molecule has 3 rings (SSSR count). The Bertz CT molecular complexity index is 466. The summed E-state index contributed by atoms with van der Waals surface area (Å²) in [6.07, 6.45) is 5.68. The molecule has 0 unspecified atom stereocenters. The lowest BCUT2D eigenvalue weighted by Gasteiger charge is -2.33. The summed E-state index contributed by atoms with van der Waals surface area (Å²) in [5.74, 6) is 0. The Morgan fingerprint density at radius 1 is 1.33 bits per heavy atom. The lowest BCUT2D eigenvalue weighted by Crippen LogP contribution is -2.49. The van der Waals surface area contributed by atoms with Crippen LogP contribution in [0.15, 0.2) is 18.2 Å². The van der Waals surface area contributed by atoms with Crippen molar-refractivity contribution in [3.63, 3.8) is 0 Å². The summed E-state index contributed by atoms with van der Waals surface area (Å²) in [6, 6.07) is 6.88. The Labute approximate surface area is 108 Å². The van der Waals surface area contributed by atoms with Gasteiger partial charge in [0.1, 0.15) is 0 Å². The van der Waals surface area contributed by atoms with Crippen LogP contribution in [0.1, 0.15) is 36.8 Å². The highest BCUT2D eigenvalue weighted by molar-refractivity contribution is 5.93. The first-order valence-corrected chi connectivity index (χ1v) is 6.91. The number of aryl methyl sites for hydroxylation is 2. The predicted molar refractivity (Wildman–Crippen MR) is 73.0 cm³/mol. The lowest BCUT2D eigenvalue weighted by molar-refractivity contribution is 0.233. The Morgan fingerprint density at radius 2 is 2.17 bits per heavy atom. The molecule has 0 saturated heterocycles. The van der Waals surface area contributed by atoms with Crippen LogP contribution in [0.25, 0.3) is 0 Å². The van der Waals surface area contributed by atoms with Crippen LogP contribution in [0.4, 0.5) is 10.5 Å². The summed E-state index contributed by atoms with van der Waals surface area (Å²) >= 11 is 0. The van der Waals surface area contributed by atoms with Crippen molar-refractivity contribution in [2.45, 2.75) is 45.1 Å². The molecule has 0 bridgehead atoms. The molecular weight excluding hydrogens is 224 g/mol. The van der Waals surface area contributed by atoms with E-state index in [1.807, 2.05) is 4.90 Å². The predicted octanol–water partition coefficient (Wildman–Crippen LogP) is 3.01. The van der Waals surface area contributed by atoms with Gasteiger partial charge in [0.25, 0.3) is 0 Å². The lowest BCUT2D eigenvalue weighted by atomic mass is 9.93. The molecule has 18 heavy (non-hydrogen) atoms. The maximum atomic E-state index is 12.3. The van der Waals surface area contributed by atoms with Gasteiger partial charge < -0.3 is 5.32 Å². The number of nitrogens with zero attached hydrogens (tertiary/aromatic N) is 1. The molecule has 2 aliphatic rings. The third-order valence-electron chi connectivity index (χ3n) is 4.03. The molecule has 1 aliphatic heterocycles. The second-order valence-corrected chi connectivity index (χ2v) is 5.46. The molecule has 1 heterocycles. The summed E-state index contributed by atoms with van der Waals surface area (Å²) in [5.41, 5.74) is 3.68. The molecule has 96 valence electrons. The Morgan fingerprint density at radius 3 is 2.89 bits per heavy atom. The van der Waals surface area contributed by atoms with Crippen molar-refractivity contribution in [2.24, 2.45) is 0 Å². The van der Waals surface area contributed by atoms with Crippen molar-refractivity contribution in [1.82, 2.24) is 5.32 Å². The van der Waals surface area contributed by atoms with E-state index in [-0.39, 0.29) is 6.03 Å². The fraction of sp³-hybridized carbons (Fsp3) is 0.533. The van der Waals surface area contributed by atoms with Crippen molar-refractivity contribution < 1.29 is 4.79 Å². The number of fused-ring (bicyclic) bond motifs is 1. The Hall–Kier alpha value is -1.51. The fourth-order valence-electron chi connectivity index (χ4n) is 2.74. The molecule has 0 aromatic heterocycles. The van der Waals surface area contributed by atoms with Gasteiger partial charge in [-0.2, -0.15) is 0 Å². The van der Waals surface area contributed by atoms with Crippen molar-refractivity contribution in [1.29, 1.82) is 0 Å². The number of amides is 2. The van der Waals surface area contributed by atoms with E-state index in [0.717, 1.165) is 37.9 Å². The first-order valence-electron chi connectivity index (χ1n) is 6.91. The minimum absolute atomic E-state index is 0.0875. The summed E-state index contributed by atoms with van der Waals surface area (Å²) in [7, 11) is 0.